The highest BCUT2D eigenvalue weighted by Crippen LogP contribution is 2.23. The molecular formula is C17H18ClFN3O3+. The van der Waals surface area contributed by atoms with Crippen molar-refractivity contribution >= 4 is 28.9 Å². The van der Waals surface area contributed by atoms with E-state index in [1.54, 1.807) is 26.1 Å². The first-order chi connectivity index (χ1) is 11.8. The third-order valence-electron chi connectivity index (χ3n) is 4.01. The van der Waals surface area contributed by atoms with Gasteiger partial charge < -0.3 is 10.2 Å². The number of nitro benzene ring substituents is 1. The van der Waals surface area contributed by atoms with Gasteiger partial charge in [0.25, 0.3) is 11.6 Å². The molecule has 0 saturated heterocycles. The number of para-hydroxylation sites is 2. The summed E-state index contributed by atoms with van der Waals surface area (Å²) < 4.78 is 13.9. The lowest BCUT2D eigenvalue weighted by molar-refractivity contribution is -0.908. The minimum absolute atomic E-state index is 0.126. The predicted octanol–water partition coefficient (Wildman–Crippen LogP) is 2.43. The number of hydrogen-bond donors (Lipinski definition) is 2. The zero-order valence-corrected chi connectivity index (χ0v) is 14.5. The molecule has 0 bridgehead atoms. The van der Waals surface area contributed by atoms with Crippen molar-refractivity contribution in [3.8, 4) is 0 Å². The highest BCUT2D eigenvalue weighted by atomic mass is 35.5. The van der Waals surface area contributed by atoms with Gasteiger partial charge in [-0.3, -0.25) is 14.9 Å². The van der Waals surface area contributed by atoms with E-state index in [-0.39, 0.29) is 17.9 Å². The number of nitrogens with one attached hydrogen (secondary N) is 2. The fourth-order valence-corrected chi connectivity index (χ4v) is 2.57. The van der Waals surface area contributed by atoms with Crippen molar-refractivity contribution in [2.24, 2.45) is 0 Å². The van der Waals surface area contributed by atoms with Crippen LogP contribution in [0, 0.1) is 15.9 Å². The first-order valence-corrected chi connectivity index (χ1v) is 7.98. The van der Waals surface area contributed by atoms with Crippen molar-refractivity contribution in [1.29, 1.82) is 0 Å². The minimum Gasteiger partial charge on any atom is -0.323 e. The van der Waals surface area contributed by atoms with Crippen molar-refractivity contribution in [2.75, 3.05) is 12.4 Å². The zero-order chi connectivity index (χ0) is 18.6. The number of quaternary nitrogens is 1. The van der Waals surface area contributed by atoms with Crippen molar-refractivity contribution in [1.82, 2.24) is 0 Å². The second kappa shape index (κ2) is 8.04. The Hall–Kier alpha value is -2.51. The van der Waals surface area contributed by atoms with Gasteiger partial charge in [0.1, 0.15) is 18.0 Å². The summed E-state index contributed by atoms with van der Waals surface area (Å²) in [6, 6.07) is 9.74. The van der Waals surface area contributed by atoms with E-state index in [2.05, 4.69) is 5.32 Å². The maximum absolute atomic E-state index is 13.9. The molecule has 1 unspecified atom stereocenters. The van der Waals surface area contributed by atoms with Crippen LogP contribution in [0.15, 0.2) is 42.5 Å². The van der Waals surface area contributed by atoms with E-state index in [9.17, 15) is 19.3 Å². The second-order valence-electron chi connectivity index (χ2n) is 5.71. The number of carbonyl (C=O) groups excluding carboxylic acids is 1. The minimum atomic E-state index is -0.574. The molecule has 2 aromatic carbocycles. The van der Waals surface area contributed by atoms with Gasteiger partial charge in [-0.15, -0.1) is 0 Å². The fourth-order valence-electron chi connectivity index (χ4n) is 2.34. The lowest BCUT2D eigenvalue weighted by atomic mass is 10.1. The molecule has 0 heterocycles. The quantitative estimate of drug-likeness (QED) is 0.609. The number of rotatable bonds is 6. The van der Waals surface area contributed by atoms with Crippen LogP contribution in [0.3, 0.4) is 0 Å². The largest absolute Gasteiger partial charge is 0.323 e. The van der Waals surface area contributed by atoms with Crippen LogP contribution in [-0.2, 0) is 11.3 Å². The van der Waals surface area contributed by atoms with Crippen LogP contribution in [0.5, 0.6) is 0 Å². The van der Waals surface area contributed by atoms with E-state index in [0.717, 1.165) is 0 Å². The molecule has 0 spiro atoms. The summed E-state index contributed by atoms with van der Waals surface area (Å²) in [5.74, 6) is -0.836. The number of anilines is 1. The van der Waals surface area contributed by atoms with Gasteiger partial charge in [-0.25, -0.2) is 4.39 Å². The van der Waals surface area contributed by atoms with E-state index >= 15 is 0 Å². The molecule has 2 N–H and O–H groups in total. The Morgan fingerprint density at radius 2 is 2.00 bits per heavy atom. The molecule has 0 aromatic heterocycles. The molecule has 2 rings (SSSR count). The van der Waals surface area contributed by atoms with Crippen LogP contribution in [0.1, 0.15) is 12.5 Å². The molecule has 0 aliphatic carbocycles. The smallest absolute Gasteiger partial charge is 0.292 e. The maximum Gasteiger partial charge on any atom is 0.292 e. The summed E-state index contributed by atoms with van der Waals surface area (Å²) in [6.45, 7) is 1.87. The van der Waals surface area contributed by atoms with E-state index in [0.29, 0.717) is 15.5 Å². The zero-order valence-electron chi connectivity index (χ0n) is 13.8. The van der Waals surface area contributed by atoms with Gasteiger partial charge in [-0.1, -0.05) is 29.8 Å². The molecule has 25 heavy (non-hydrogen) atoms. The summed E-state index contributed by atoms with van der Waals surface area (Å²) in [7, 11) is 1.73. The molecule has 0 saturated carbocycles. The number of nitrogens with zero attached hydrogens (tertiary/aromatic N) is 1. The van der Waals surface area contributed by atoms with E-state index in [1.165, 1.54) is 30.3 Å². The van der Waals surface area contributed by atoms with Crippen LogP contribution in [-0.4, -0.2) is 23.9 Å². The number of benzene rings is 2. The Labute approximate surface area is 149 Å². The fraction of sp³-hybridized carbons (Fsp3) is 0.235. The number of amides is 1. The van der Waals surface area contributed by atoms with Crippen molar-refractivity contribution in [2.45, 2.75) is 19.5 Å². The lowest BCUT2D eigenvalue weighted by Gasteiger charge is -2.21. The number of nitro groups is 1. The molecular weight excluding hydrogens is 349 g/mol. The summed E-state index contributed by atoms with van der Waals surface area (Å²) in [5.41, 5.74) is 0.269. The number of hydrogen-bond acceptors (Lipinski definition) is 3. The molecule has 0 radical (unpaired) electrons. The topological polar surface area (TPSA) is 76.7 Å². The van der Waals surface area contributed by atoms with Crippen LogP contribution in [0.4, 0.5) is 15.8 Å². The van der Waals surface area contributed by atoms with Crippen molar-refractivity contribution < 1.29 is 19.0 Å². The number of likely N-dealkylation sites (N-methyl/N-ethyl adjacent to an activating group) is 1. The molecule has 0 aliphatic heterocycles. The average molecular weight is 367 g/mol. The Kier molecular flexibility index (Phi) is 6.06. The molecule has 0 aliphatic rings. The standard InChI is InChI=1S/C17H17ClFN3O3/c1-11(21(2)10-12-13(18)6-5-7-14(12)19)17(23)20-15-8-3-4-9-16(15)22(24)25/h3-9,11H,10H2,1-2H3,(H,20,23)/p+1/t11-/m0/s1. The number of carbonyl (C=O) groups is 1. The average Bonchev–Trinajstić information content (AvgIpc) is 2.57. The molecule has 132 valence electrons. The molecule has 6 nitrogen and oxygen atoms in total. The predicted molar refractivity (Wildman–Crippen MR) is 93.2 cm³/mol. The van der Waals surface area contributed by atoms with Gasteiger partial charge in [0, 0.05) is 6.07 Å². The van der Waals surface area contributed by atoms with Crippen molar-refractivity contribution in [3.63, 3.8) is 0 Å². The second-order valence-corrected chi connectivity index (χ2v) is 6.12. The maximum atomic E-state index is 13.9. The molecule has 1 amide bonds. The Morgan fingerprint density at radius 1 is 1.32 bits per heavy atom. The lowest BCUT2D eigenvalue weighted by Crippen LogP contribution is -3.12. The van der Waals surface area contributed by atoms with Gasteiger partial charge in [0.15, 0.2) is 6.04 Å². The number of halogens is 2. The molecule has 2 aromatic rings. The van der Waals surface area contributed by atoms with Gasteiger partial charge >= 0.3 is 0 Å². The van der Waals surface area contributed by atoms with E-state index in [4.69, 9.17) is 11.6 Å². The van der Waals surface area contributed by atoms with Crippen LogP contribution < -0.4 is 10.2 Å². The Balaban J connectivity index is 2.11. The van der Waals surface area contributed by atoms with Gasteiger partial charge in [-0.2, -0.15) is 0 Å². The highest BCUT2D eigenvalue weighted by Gasteiger charge is 2.26. The van der Waals surface area contributed by atoms with Crippen LogP contribution in [0.25, 0.3) is 0 Å². The SMILES string of the molecule is C[C@@H](C(=O)Nc1ccccc1[N+](=O)[O-])[NH+](C)Cc1c(F)cccc1Cl. The molecule has 2 atom stereocenters. The monoisotopic (exact) mass is 366 g/mol. The molecule has 0 fully saturated rings. The Morgan fingerprint density at radius 3 is 2.64 bits per heavy atom. The summed E-state index contributed by atoms with van der Waals surface area (Å²) in [6.07, 6.45) is 0. The summed E-state index contributed by atoms with van der Waals surface area (Å²) in [4.78, 5) is 23.6. The first kappa shape index (κ1) is 18.8. The van der Waals surface area contributed by atoms with Gasteiger partial charge in [0.2, 0.25) is 0 Å². The third kappa shape index (κ3) is 4.52. The van der Waals surface area contributed by atoms with Gasteiger partial charge in [-0.05, 0) is 25.1 Å². The van der Waals surface area contributed by atoms with Crippen molar-refractivity contribution in [3.05, 3.63) is 69.0 Å². The van der Waals surface area contributed by atoms with Gasteiger partial charge in [0.05, 0.1) is 22.6 Å². The summed E-state index contributed by atoms with van der Waals surface area (Å²) in [5, 5.41) is 13.9. The van der Waals surface area contributed by atoms with Crippen LogP contribution in [0.2, 0.25) is 5.02 Å². The van der Waals surface area contributed by atoms with E-state index in [1.807, 2.05) is 0 Å². The van der Waals surface area contributed by atoms with E-state index < -0.39 is 22.7 Å². The molecule has 8 heteroatoms. The highest BCUT2D eigenvalue weighted by molar-refractivity contribution is 6.31. The summed E-state index contributed by atoms with van der Waals surface area (Å²) >= 11 is 6.01. The van der Waals surface area contributed by atoms with Crippen LogP contribution >= 0.6 is 11.6 Å². The first-order valence-electron chi connectivity index (χ1n) is 7.60. The Bertz CT molecular complexity index is 780. The normalized spacial score (nSPS) is 13.1. The third-order valence-corrected chi connectivity index (χ3v) is 4.36.